The van der Waals surface area contributed by atoms with Gasteiger partial charge < -0.3 is 25.1 Å². The number of rotatable bonds is 7. The Morgan fingerprint density at radius 1 is 1.08 bits per heavy atom. The number of aliphatic hydroxyl groups is 1. The molecule has 3 aliphatic carbocycles. The topological polar surface area (TPSA) is 108 Å². The average molecular weight is 536 g/mol. The van der Waals surface area contributed by atoms with Crippen molar-refractivity contribution < 1.29 is 28.9 Å². The summed E-state index contributed by atoms with van der Waals surface area (Å²) in [6, 6.07) is 0. The quantitative estimate of drug-likeness (QED) is 0.387. The van der Waals surface area contributed by atoms with E-state index in [4.69, 9.17) is 19.9 Å². The third-order valence-electron chi connectivity index (χ3n) is 11.4. The molecule has 3 saturated carbocycles. The molecule has 0 spiro atoms. The second-order valence-electron chi connectivity index (χ2n) is 14.6. The molecule has 1 heterocycles. The fourth-order valence-electron chi connectivity index (χ4n) is 9.52. The van der Waals surface area contributed by atoms with Gasteiger partial charge >= 0.3 is 12.1 Å². The zero-order valence-electron chi connectivity index (χ0n) is 24.8. The zero-order valence-corrected chi connectivity index (χ0v) is 24.8. The van der Waals surface area contributed by atoms with E-state index in [0.717, 1.165) is 38.5 Å². The molecular formula is C31H53NO6. The van der Waals surface area contributed by atoms with Gasteiger partial charge in [0.25, 0.3) is 0 Å². The number of primary amides is 1. The maximum Gasteiger partial charge on any atom is 0.404 e. The third kappa shape index (κ3) is 5.75. The normalized spacial score (nSPS) is 41.5. The predicted molar refractivity (Wildman–Crippen MR) is 146 cm³/mol. The van der Waals surface area contributed by atoms with Crippen molar-refractivity contribution in [1.29, 1.82) is 0 Å². The van der Waals surface area contributed by atoms with Gasteiger partial charge in [-0.05, 0) is 100 Å². The molecule has 4 rings (SSSR count). The SMILES string of the molecule is CC(=O)O[C@@H]([C@H]1CCC2C(CC3[C@H](CCC4C(C)CC[C@H](OC(N)=O)C4(C)C)CCC[C@]23C)O1)C(C)(C)O. The number of fused-ring (bicyclic) bond motifs is 3. The van der Waals surface area contributed by atoms with E-state index in [1.165, 1.54) is 32.6 Å². The van der Waals surface area contributed by atoms with Crippen molar-refractivity contribution in [3.63, 3.8) is 0 Å². The Bertz CT molecular complexity index is 867. The van der Waals surface area contributed by atoms with Crippen LogP contribution in [0.5, 0.6) is 0 Å². The van der Waals surface area contributed by atoms with Crippen LogP contribution in [0.1, 0.15) is 113 Å². The van der Waals surface area contributed by atoms with Crippen molar-refractivity contribution in [1.82, 2.24) is 0 Å². The molecular weight excluding hydrogens is 482 g/mol. The fraction of sp³-hybridized carbons (Fsp3) is 0.935. The van der Waals surface area contributed by atoms with Crippen molar-refractivity contribution in [3.8, 4) is 0 Å². The molecule has 0 aromatic rings. The highest BCUT2D eigenvalue weighted by Gasteiger charge is 2.58. The molecule has 10 atom stereocenters. The van der Waals surface area contributed by atoms with Crippen LogP contribution in [0, 0.1) is 40.4 Å². The van der Waals surface area contributed by atoms with Crippen LogP contribution in [-0.4, -0.2) is 47.2 Å². The van der Waals surface area contributed by atoms with Crippen molar-refractivity contribution in [2.45, 2.75) is 143 Å². The lowest BCUT2D eigenvalue weighted by molar-refractivity contribution is -0.200. The van der Waals surface area contributed by atoms with E-state index < -0.39 is 17.8 Å². The monoisotopic (exact) mass is 535 g/mol. The molecule has 218 valence electrons. The molecule has 1 amide bonds. The lowest BCUT2D eigenvalue weighted by Crippen LogP contribution is -2.52. The molecule has 1 aliphatic heterocycles. The van der Waals surface area contributed by atoms with Crippen LogP contribution in [0.15, 0.2) is 0 Å². The highest BCUT2D eigenvalue weighted by molar-refractivity contribution is 5.66. The number of esters is 1. The number of hydrogen-bond donors (Lipinski definition) is 2. The van der Waals surface area contributed by atoms with Gasteiger partial charge in [-0.3, -0.25) is 4.79 Å². The minimum atomic E-state index is -1.15. The maximum atomic E-state index is 11.8. The molecule has 7 nitrogen and oxygen atoms in total. The van der Waals surface area contributed by atoms with Crippen LogP contribution >= 0.6 is 0 Å². The van der Waals surface area contributed by atoms with E-state index >= 15 is 0 Å². The highest BCUT2D eigenvalue weighted by Crippen LogP contribution is 2.62. The molecule has 7 heteroatoms. The molecule has 0 bridgehead atoms. The van der Waals surface area contributed by atoms with Gasteiger partial charge in [0.2, 0.25) is 0 Å². The van der Waals surface area contributed by atoms with Gasteiger partial charge in [0.15, 0.2) is 6.10 Å². The van der Waals surface area contributed by atoms with Gasteiger partial charge in [-0.15, -0.1) is 0 Å². The smallest absolute Gasteiger partial charge is 0.404 e. The highest BCUT2D eigenvalue weighted by atomic mass is 16.6. The number of amides is 1. The second-order valence-corrected chi connectivity index (χ2v) is 14.6. The first-order valence-electron chi connectivity index (χ1n) is 15.2. The molecule has 3 N–H and O–H groups in total. The number of ether oxygens (including phenoxy) is 3. The number of carbonyl (C=O) groups excluding carboxylic acids is 2. The molecule has 38 heavy (non-hydrogen) atoms. The summed E-state index contributed by atoms with van der Waals surface area (Å²) >= 11 is 0. The summed E-state index contributed by atoms with van der Waals surface area (Å²) in [5, 5.41) is 10.8. The predicted octanol–water partition coefficient (Wildman–Crippen LogP) is 6.00. The Balaban J connectivity index is 1.45. The van der Waals surface area contributed by atoms with Gasteiger partial charge in [-0.25, -0.2) is 4.79 Å². The molecule has 4 fully saturated rings. The van der Waals surface area contributed by atoms with E-state index in [-0.39, 0.29) is 35.1 Å². The van der Waals surface area contributed by atoms with Gasteiger partial charge in [0.1, 0.15) is 6.10 Å². The summed E-state index contributed by atoms with van der Waals surface area (Å²) in [6.45, 7) is 14.2. The Kier molecular flexibility index (Phi) is 8.51. The molecule has 0 aromatic carbocycles. The lowest BCUT2D eigenvalue weighted by atomic mass is 9.57. The van der Waals surface area contributed by atoms with E-state index in [1.807, 2.05) is 0 Å². The van der Waals surface area contributed by atoms with E-state index in [9.17, 15) is 14.7 Å². The Labute approximate surface area is 229 Å². The summed E-state index contributed by atoms with van der Waals surface area (Å²) < 4.78 is 17.9. The second kappa shape index (κ2) is 10.9. The molecule has 4 aliphatic rings. The van der Waals surface area contributed by atoms with Crippen molar-refractivity contribution in [3.05, 3.63) is 0 Å². The first-order chi connectivity index (χ1) is 17.6. The lowest BCUT2D eigenvalue weighted by Gasteiger charge is -2.50. The summed E-state index contributed by atoms with van der Waals surface area (Å²) in [6.07, 6.45) is 9.47. The zero-order chi connectivity index (χ0) is 28.0. The van der Waals surface area contributed by atoms with Gasteiger partial charge in [0.05, 0.1) is 17.8 Å². The summed E-state index contributed by atoms with van der Waals surface area (Å²) in [5.74, 6) is 2.53. The van der Waals surface area contributed by atoms with Crippen LogP contribution in [0.4, 0.5) is 4.79 Å². The first-order valence-corrected chi connectivity index (χ1v) is 15.2. The number of carbonyl (C=O) groups is 2. The summed E-state index contributed by atoms with van der Waals surface area (Å²) in [5.41, 5.74) is 4.44. The fourth-order valence-corrected chi connectivity index (χ4v) is 9.52. The van der Waals surface area contributed by atoms with E-state index in [0.29, 0.717) is 29.6 Å². The Hall–Kier alpha value is -1.34. The molecule has 5 unspecified atom stereocenters. The van der Waals surface area contributed by atoms with Gasteiger partial charge in [0, 0.05) is 12.3 Å². The number of nitrogens with two attached hydrogens (primary N) is 1. The minimum absolute atomic E-state index is 0.0898. The summed E-state index contributed by atoms with van der Waals surface area (Å²) in [7, 11) is 0. The largest absolute Gasteiger partial charge is 0.457 e. The average Bonchev–Trinajstić information content (AvgIpc) is 3.10. The van der Waals surface area contributed by atoms with Gasteiger partial charge in [-0.1, -0.05) is 40.5 Å². The van der Waals surface area contributed by atoms with Crippen molar-refractivity contribution in [2.24, 2.45) is 46.2 Å². The molecule has 1 saturated heterocycles. The minimum Gasteiger partial charge on any atom is -0.457 e. The van der Waals surface area contributed by atoms with Crippen LogP contribution in [0.2, 0.25) is 0 Å². The van der Waals surface area contributed by atoms with E-state index in [1.54, 1.807) is 13.8 Å². The standard InChI is InChI=1S/C31H53NO6/c1-18-10-15-26(38-28(32)34)29(3,4)21(18)12-11-20-9-8-16-31(7)22-13-14-24(37-25(22)17-23(20)31)27(30(5,6)35)36-19(2)33/h18,20-27,35H,8-17H2,1-7H3,(H2,32,34)/t18?,20-,21?,22?,23?,24+,25?,26-,27-,31+/m0/s1. The first kappa shape index (κ1) is 29.6. The number of hydrogen-bond acceptors (Lipinski definition) is 6. The van der Waals surface area contributed by atoms with E-state index in [2.05, 4.69) is 27.7 Å². The van der Waals surface area contributed by atoms with Gasteiger partial charge in [-0.2, -0.15) is 0 Å². The van der Waals surface area contributed by atoms with Crippen LogP contribution in [0.25, 0.3) is 0 Å². The van der Waals surface area contributed by atoms with Crippen LogP contribution in [-0.2, 0) is 19.0 Å². The molecule has 0 aromatic heterocycles. The Morgan fingerprint density at radius 3 is 2.42 bits per heavy atom. The summed E-state index contributed by atoms with van der Waals surface area (Å²) in [4.78, 5) is 23.3. The van der Waals surface area contributed by atoms with Crippen molar-refractivity contribution >= 4 is 12.1 Å². The van der Waals surface area contributed by atoms with Crippen LogP contribution < -0.4 is 5.73 Å². The van der Waals surface area contributed by atoms with Crippen molar-refractivity contribution in [2.75, 3.05) is 0 Å². The van der Waals surface area contributed by atoms with Crippen LogP contribution in [0.3, 0.4) is 0 Å². The maximum absolute atomic E-state index is 11.8. The molecule has 0 radical (unpaired) electrons. The Morgan fingerprint density at radius 2 is 1.79 bits per heavy atom. The third-order valence-corrected chi connectivity index (χ3v) is 11.4.